The second-order valence-electron chi connectivity index (χ2n) is 1.97. The summed E-state index contributed by atoms with van der Waals surface area (Å²) >= 11 is -1.67. The molecule has 2 N–H and O–H groups in total. The van der Waals surface area contributed by atoms with Crippen molar-refractivity contribution in [3.8, 4) is 0 Å². The molecule has 1 aromatic heterocycles. The van der Waals surface area contributed by atoms with E-state index in [1.54, 1.807) is 6.20 Å². The molecule has 0 bridgehead atoms. The van der Waals surface area contributed by atoms with Crippen molar-refractivity contribution in [1.82, 2.24) is 4.98 Å². The summed E-state index contributed by atoms with van der Waals surface area (Å²) in [7, 11) is 0. The molecular formula is C6H9NO2S. The van der Waals surface area contributed by atoms with Gasteiger partial charge in [0.05, 0.1) is 5.75 Å². The first-order valence-electron chi connectivity index (χ1n) is 2.99. The highest BCUT2D eigenvalue weighted by Crippen LogP contribution is 1.95. The van der Waals surface area contributed by atoms with E-state index in [2.05, 4.69) is 4.98 Å². The van der Waals surface area contributed by atoms with Crippen LogP contribution >= 0.6 is 0 Å². The number of H-pyrrole nitrogens is 1. The fraction of sp³-hybridized carbons (Fsp3) is 0.333. The standard InChI is InChI=1S/C6H9NO2S/c8-10(9)5-3-6-2-1-4-7-6/h1-2,4,7H,3,5H2,(H,8,9). The lowest BCUT2D eigenvalue weighted by atomic mass is 10.3. The Morgan fingerprint density at radius 2 is 2.50 bits per heavy atom. The topological polar surface area (TPSA) is 53.1 Å². The molecule has 1 unspecified atom stereocenters. The van der Waals surface area contributed by atoms with Crippen LogP contribution in [-0.2, 0) is 17.5 Å². The molecule has 1 atom stereocenters. The molecule has 1 heterocycles. The molecule has 0 amide bonds. The minimum atomic E-state index is -1.67. The quantitative estimate of drug-likeness (QED) is 0.640. The maximum absolute atomic E-state index is 10.2. The van der Waals surface area contributed by atoms with E-state index in [4.69, 9.17) is 4.55 Å². The van der Waals surface area contributed by atoms with Gasteiger partial charge in [0.2, 0.25) is 0 Å². The predicted octanol–water partition coefficient (Wildman–Crippen LogP) is 0.779. The van der Waals surface area contributed by atoms with Gasteiger partial charge in [0.15, 0.2) is 11.1 Å². The van der Waals surface area contributed by atoms with Crippen LogP contribution in [0.5, 0.6) is 0 Å². The molecular weight excluding hydrogens is 150 g/mol. The third-order valence-corrected chi connectivity index (χ3v) is 1.76. The minimum absolute atomic E-state index is 0.306. The molecule has 0 saturated carbocycles. The van der Waals surface area contributed by atoms with Gasteiger partial charge >= 0.3 is 0 Å². The number of nitrogens with one attached hydrogen (secondary N) is 1. The van der Waals surface area contributed by atoms with Gasteiger partial charge in [-0.3, -0.25) is 0 Å². The van der Waals surface area contributed by atoms with Crippen LogP contribution in [0.4, 0.5) is 0 Å². The van der Waals surface area contributed by atoms with Crippen LogP contribution in [0.3, 0.4) is 0 Å². The lowest BCUT2D eigenvalue weighted by molar-refractivity contribution is 0.563. The molecule has 0 spiro atoms. The molecule has 0 radical (unpaired) electrons. The van der Waals surface area contributed by atoms with E-state index in [9.17, 15) is 4.21 Å². The SMILES string of the molecule is O=S(O)CCc1ccc[nH]1. The van der Waals surface area contributed by atoms with E-state index >= 15 is 0 Å². The highest BCUT2D eigenvalue weighted by atomic mass is 32.2. The Kier molecular flexibility index (Phi) is 2.65. The van der Waals surface area contributed by atoms with Crippen LogP contribution in [-0.4, -0.2) is 19.5 Å². The minimum Gasteiger partial charge on any atom is -0.365 e. The van der Waals surface area contributed by atoms with E-state index in [0.29, 0.717) is 12.2 Å². The second kappa shape index (κ2) is 3.53. The van der Waals surface area contributed by atoms with Gasteiger partial charge < -0.3 is 9.54 Å². The van der Waals surface area contributed by atoms with Gasteiger partial charge in [-0.15, -0.1) is 0 Å². The van der Waals surface area contributed by atoms with Crippen molar-refractivity contribution in [2.24, 2.45) is 0 Å². The summed E-state index contributed by atoms with van der Waals surface area (Å²) in [6, 6.07) is 3.77. The highest BCUT2D eigenvalue weighted by molar-refractivity contribution is 7.79. The normalized spacial score (nSPS) is 13.3. The van der Waals surface area contributed by atoms with Crippen LogP contribution in [0, 0.1) is 0 Å². The van der Waals surface area contributed by atoms with Crippen molar-refractivity contribution in [3.63, 3.8) is 0 Å². The third-order valence-electron chi connectivity index (χ3n) is 1.21. The molecule has 0 aliphatic rings. The van der Waals surface area contributed by atoms with Crippen molar-refractivity contribution in [2.45, 2.75) is 6.42 Å². The van der Waals surface area contributed by atoms with Gasteiger partial charge in [0, 0.05) is 18.3 Å². The maximum Gasteiger partial charge on any atom is 0.153 e. The lowest BCUT2D eigenvalue weighted by Crippen LogP contribution is -1.98. The number of aromatic nitrogens is 1. The van der Waals surface area contributed by atoms with Crippen molar-refractivity contribution in [3.05, 3.63) is 24.0 Å². The number of hydrogen-bond acceptors (Lipinski definition) is 1. The monoisotopic (exact) mass is 159 g/mol. The Bertz CT molecular complexity index is 208. The summed E-state index contributed by atoms with van der Waals surface area (Å²) in [5.74, 6) is 0.306. The molecule has 0 aromatic carbocycles. The van der Waals surface area contributed by atoms with Crippen LogP contribution < -0.4 is 0 Å². The van der Waals surface area contributed by atoms with Crippen LogP contribution in [0.1, 0.15) is 5.69 Å². The van der Waals surface area contributed by atoms with Gasteiger partial charge in [-0.1, -0.05) is 0 Å². The van der Waals surface area contributed by atoms with Crippen LogP contribution in [0.2, 0.25) is 0 Å². The molecule has 0 fully saturated rings. The largest absolute Gasteiger partial charge is 0.365 e. The van der Waals surface area contributed by atoms with Crippen molar-refractivity contribution >= 4 is 11.1 Å². The summed E-state index contributed by atoms with van der Waals surface area (Å²) in [5, 5.41) is 0. The molecule has 0 aliphatic heterocycles. The van der Waals surface area contributed by atoms with Gasteiger partial charge in [-0.25, -0.2) is 4.21 Å². The van der Waals surface area contributed by atoms with E-state index < -0.39 is 11.1 Å². The Balaban J connectivity index is 2.35. The molecule has 1 aromatic rings. The maximum atomic E-state index is 10.2. The lowest BCUT2D eigenvalue weighted by Gasteiger charge is -1.91. The zero-order valence-corrected chi connectivity index (χ0v) is 6.23. The summed E-state index contributed by atoms with van der Waals surface area (Å²) in [5.41, 5.74) is 1.00. The van der Waals surface area contributed by atoms with Crippen LogP contribution in [0.15, 0.2) is 18.3 Å². The Morgan fingerprint density at radius 3 is 3.00 bits per heavy atom. The molecule has 3 nitrogen and oxygen atoms in total. The Morgan fingerprint density at radius 1 is 1.70 bits per heavy atom. The number of aryl methyl sites for hydroxylation is 1. The van der Waals surface area contributed by atoms with Gasteiger partial charge in [-0.2, -0.15) is 0 Å². The predicted molar refractivity (Wildman–Crippen MR) is 40.1 cm³/mol. The number of rotatable bonds is 3. The van der Waals surface area contributed by atoms with E-state index in [1.165, 1.54) is 0 Å². The zero-order valence-electron chi connectivity index (χ0n) is 5.41. The fourth-order valence-electron chi connectivity index (χ4n) is 0.720. The molecule has 4 heteroatoms. The number of hydrogen-bond donors (Lipinski definition) is 2. The van der Waals surface area contributed by atoms with E-state index in [0.717, 1.165) is 5.69 Å². The molecule has 10 heavy (non-hydrogen) atoms. The highest BCUT2D eigenvalue weighted by Gasteiger charge is 1.95. The summed E-state index contributed by atoms with van der Waals surface area (Å²) < 4.78 is 18.6. The summed E-state index contributed by atoms with van der Waals surface area (Å²) in [6.45, 7) is 0. The average molecular weight is 159 g/mol. The summed E-state index contributed by atoms with van der Waals surface area (Å²) in [6.07, 6.45) is 2.44. The Hall–Kier alpha value is -0.610. The van der Waals surface area contributed by atoms with E-state index in [1.807, 2.05) is 12.1 Å². The second-order valence-corrected chi connectivity index (χ2v) is 3.02. The van der Waals surface area contributed by atoms with Gasteiger partial charge in [-0.05, 0) is 12.1 Å². The first-order chi connectivity index (χ1) is 4.79. The average Bonchev–Trinajstić information content (AvgIpc) is 2.34. The molecule has 1 rings (SSSR count). The molecule has 0 saturated heterocycles. The van der Waals surface area contributed by atoms with Crippen LogP contribution in [0.25, 0.3) is 0 Å². The first kappa shape index (κ1) is 7.50. The zero-order chi connectivity index (χ0) is 7.40. The van der Waals surface area contributed by atoms with Gasteiger partial charge in [0.25, 0.3) is 0 Å². The number of aromatic amines is 1. The van der Waals surface area contributed by atoms with Crippen molar-refractivity contribution < 1.29 is 8.76 Å². The summed E-state index contributed by atoms with van der Waals surface area (Å²) in [4.78, 5) is 2.95. The third kappa shape index (κ3) is 2.33. The molecule has 0 aliphatic carbocycles. The first-order valence-corrected chi connectivity index (χ1v) is 4.26. The fourth-order valence-corrected chi connectivity index (χ4v) is 1.11. The molecule has 56 valence electrons. The van der Waals surface area contributed by atoms with Gasteiger partial charge in [0.1, 0.15) is 0 Å². The Labute approximate surface area is 61.7 Å². The smallest absolute Gasteiger partial charge is 0.153 e. The van der Waals surface area contributed by atoms with E-state index in [-0.39, 0.29) is 0 Å². The van der Waals surface area contributed by atoms with Crippen molar-refractivity contribution in [1.29, 1.82) is 0 Å². The van der Waals surface area contributed by atoms with Crippen molar-refractivity contribution in [2.75, 3.05) is 5.75 Å².